The molecule has 2 atom stereocenters. The van der Waals surface area contributed by atoms with Crippen molar-refractivity contribution in [1.29, 1.82) is 0 Å². The first-order valence-electron chi connectivity index (χ1n) is 6.86. The highest BCUT2D eigenvalue weighted by molar-refractivity contribution is 5.76. The summed E-state index contributed by atoms with van der Waals surface area (Å²) in [6.45, 7) is 2.78. The molecule has 2 unspecified atom stereocenters. The Morgan fingerprint density at radius 3 is 2.94 bits per heavy atom. The molecule has 5 heteroatoms. The van der Waals surface area contributed by atoms with Gasteiger partial charge in [0.05, 0.1) is 0 Å². The van der Waals surface area contributed by atoms with E-state index in [1.54, 1.807) is 11.9 Å². The molecule has 0 aromatic carbocycles. The Morgan fingerprint density at radius 2 is 2.22 bits per heavy atom. The van der Waals surface area contributed by atoms with Gasteiger partial charge in [-0.1, -0.05) is 6.92 Å². The first-order chi connectivity index (χ1) is 8.63. The topological polar surface area (TPSA) is 49.9 Å². The molecule has 0 aromatic rings. The molecule has 5 nitrogen and oxygen atoms in total. The average molecular weight is 254 g/mol. The Morgan fingerprint density at radius 1 is 1.44 bits per heavy atom. The molecule has 2 rings (SSSR count). The van der Waals surface area contributed by atoms with Crippen molar-refractivity contribution in [3.8, 4) is 0 Å². The van der Waals surface area contributed by atoms with Gasteiger partial charge >= 0.3 is 12.0 Å². The van der Waals surface area contributed by atoms with E-state index in [0.717, 1.165) is 38.6 Å². The quantitative estimate of drug-likeness (QED) is 0.723. The van der Waals surface area contributed by atoms with Gasteiger partial charge in [-0.25, -0.2) is 4.79 Å². The molecule has 0 bridgehead atoms. The van der Waals surface area contributed by atoms with Gasteiger partial charge in [0, 0.05) is 32.5 Å². The molecule has 2 amide bonds. The largest absolute Gasteiger partial charge is 0.441 e. The van der Waals surface area contributed by atoms with E-state index in [-0.39, 0.29) is 24.3 Å². The van der Waals surface area contributed by atoms with E-state index in [9.17, 15) is 9.59 Å². The Labute approximate surface area is 108 Å². The smallest absolute Gasteiger partial charge is 0.322 e. The molecule has 0 radical (unpaired) electrons. The van der Waals surface area contributed by atoms with Gasteiger partial charge in [0.1, 0.15) is 0 Å². The van der Waals surface area contributed by atoms with Gasteiger partial charge < -0.3 is 9.64 Å². The fourth-order valence-electron chi connectivity index (χ4n) is 2.76. The van der Waals surface area contributed by atoms with Gasteiger partial charge in [-0.15, -0.1) is 0 Å². The van der Waals surface area contributed by atoms with Gasteiger partial charge in [0.2, 0.25) is 0 Å². The fraction of sp³-hybridized carbons (Fsp3) is 0.846. The molecular weight excluding hydrogens is 232 g/mol. The van der Waals surface area contributed by atoms with E-state index < -0.39 is 0 Å². The number of esters is 1. The van der Waals surface area contributed by atoms with E-state index in [2.05, 4.69) is 0 Å². The fourth-order valence-corrected chi connectivity index (χ4v) is 2.76. The van der Waals surface area contributed by atoms with Crippen molar-refractivity contribution >= 4 is 12.0 Å². The Balaban J connectivity index is 1.99. The number of fused-ring (bicyclic) bond motifs is 1. The Hall–Kier alpha value is -1.26. The highest BCUT2D eigenvalue weighted by Crippen LogP contribution is 2.28. The third-order valence-electron chi connectivity index (χ3n) is 3.80. The number of carbonyl (C=O) groups is 2. The van der Waals surface area contributed by atoms with Crippen LogP contribution >= 0.6 is 0 Å². The average Bonchev–Trinajstić information content (AvgIpc) is 2.36. The normalized spacial score (nSPS) is 28.0. The molecule has 0 saturated carbocycles. The second kappa shape index (κ2) is 5.59. The van der Waals surface area contributed by atoms with Crippen LogP contribution in [0.25, 0.3) is 0 Å². The molecule has 2 saturated heterocycles. The molecule has 0 N–H and O–H groups in total. The highest BCUT2D eigenvalue weighted by Gasteiger charge is 2.40. The van der Waals surface area contributed by atoms with E-state index in [4.69, 9.17) is 4.74 Å². The van der Waals surface area contributed by atoms with Gasteiger partial charge in [-0.2, -0.15) is 0 Å². The van der Waals surface area contributed by atoms with Gasteiger partial charge in [0.25, 0.3) is 0 Å². The van der Waals surface area contributed by atoms with Crippen LogP contribution in [0.5, 0.6) is 0 Å². The van der Waals surface area contributed by atoms with Crippen LogP contribution in [0.2, 0.25) is 0 Å². The van der Waals surface area contributed by atoms with Crippen molar-refractivity contribution in [3.05, 3.63) is 0 Å². The molecule has 2 aliphatic heterocycles. The summed E-state index contributed by atoms with van der Waals surface area (Å²) in [4.78, 5) is 27.2. The summed E-state index contributed by atoms with van der Waals surface area (Å²) in [6, 6.07) is 0.252. The summed E-state index contributed by atoms with van der Waals surface area (Å²) in [5, 5.41) is 0. The summed E-state index contributed by atoms with van der Waals surface area (Å²) in [5.74, 6) is -0.202. The third kappa shape index (κ3) is 2.60. The van der Waals surface area contributed by atoms with Crippen molar-refractivity contribution in [2.24, 2.45) is 0 Å². The summed E-state index contributed by atoms with van der Waals surface area (Å²) >= 11 is 0. The molecule has 18 heavy (non-hydrogen) atoms. The second-order valence-electron chi connectivity index (χ2n) is 5.17. The van der Waals surface area contributed by atoms with Crippen LogP contribution in [-0.2, 0) is 9.53 Å². The van der Waals surface area contributed by atoms with Crippen molar-refractivity contribution < 1.29 is 14.3 Å². The van der Waals surface area contributed by atoms with Crippen LogP contribution in [0.4, 0.5) is 4.79 Å². The number of nitrogens with zero attached hydrogens (tertiary/aromatic N) is 2. The molecule has 2 fully saturated rings. The van der Waals surface area contributed by atoms with E-state index in [0.29, 0.717) is 6.42 Å². The number of ether oxygens (including phenoxy) is 1. The van der Waals surface area contributed by atoms with Crippen LogP contribution in [0.1, 0.15) is 45.4 Å². The van der Waals surface area contributed by atoms with Crippen molar-refractivity contribution in [2.75, 3.05) is 13.6 Å². The lowest BCUT2D eigenvalue weighted by atomic mass is 9.97. The Bertz CT molecular complexity index is 332. The highest BCUT2D eigenvalue weighted by atomic mass is 16.6. The second-order valence-corrected chi connectivity index (χ2v) is 5.17. The predicted molar refractivity (Wildman–Crippen MR) is 66.9 cm³/mol. The first kappa shape index (κ1) is 13.2. The lowest BCUT2D eigenvalue weighted by Crippen LogP contribution is -2.59. The summed E-state index contributed by atoms with van der Waals surface area (Å²) in [6.07, 6.45) is 4.84. The standard InChI is InChI=1S/C13H22N2O3/c1-3-6-12(16)18-11-9-10-7-4-5-8-15(10)13(17)14(11)2/h10-11H,3-9H2,1-2H3. The number of carbonyl (C=O) groups excluding carboxylic acids is 2. The lowest BCUT2D eigenvalue weighted by Gasteiger charge is -2.46. The maximum Gasteiger partial charge on any atom is 0.322 e. The SMILES string of the molecule is CCCC(=O)OC1CC2CCCCN2C(=O)N1C. The number of piperidine rings is 1. The Kier molecular flexibility index (Phi) is 4.09. The van der Waals surface area contributed by atoms with Crippen LogP contribution < -0.4 is 0 Å². The minimum Gasteiger partial charge on any atom is -0.441 e. The summed E-state index contributed by atoms with van der Waals surface area (Å²) in [7, 11) is 1.72. The van der Waals surface area contributed by atoms with Crippen molar-refractivity contribution in [3.63, 3.8) is 0 Å². The molecule has 2 aliphatic rings. The summed E-state index contributed by atoms with van der Waals surface area (Å²) in [5.41, 5.74) is 0. The minimum absolute atomic E-state index is 0.000230. The predicted octanol–water partition coefficient (Wildman–Crippen LogP) is 1.97. The van der Waals surface area contributed by atoms with E-state index >= 15 is 0 Å². The molecule has 0 aliphatic carbocycles. The number of hydrogen-bond donors (Lipinski definition) is 0. The maximum atomic E-state index is 12.2. The summed E-state index contributed by atoms with van der Waals surface area (Å²) < 4.78 is 5.40. The van der Waals surface area contributed by atoms with Crippen LogP contribution in [0.3, 0.4) is 0 Å². The zero-order valence-electron chi connectivity index (χ0n) is 11.2. The number of hydrogen-bond acceptors (Lipinski definition) is 3. The van der Waals surface area contributed by atoms with Crippen LogP contribution in [0, 0.1) is 0 Å². The molecule has 2 heterocycles. The monoisotopic (exact) mass is 254 g/mol. The third-order valence-corrected chi connectivity index (χ3v) is 3.80. The first-order valence-corrected chi connectivity index (χ1v) is 6.86. The van der Waals surface area contributed by atoms with Crippen molar-refractivity contribution in [1.82, 2.24) is 9.80 Å². The number of urea groups is 1. The van der Waals surface area contributed by atoms with Crippen molar-refractivity contribution in [2.45, 2.75) is 57.7 Å². The molecule has 0 spiro atoms. The number of amides is 2. The van der Waals surface area contributed by atoms with Gasteiger partial charge in [-0.3, -0.25) is 9.69 Å². The van der Waals surface area contributed by atoms with Gasteiger partial charge in [0.15, 0.2) is 6.23 Å². The van der Waals surface area contributed by atoms with E-state index in [1.807, 2.05) is 11.8 Å². The zero-order valence-corrected chi connectivity index (χ0v) is 11.2. The maximum absolute atomic E-state index is 12.2. The number of rotatable bonds is 3. The molecule has 102 valence electrons. The van der Waals surface area contributed by atoms with Gasteiger partial charge in [-0.05, 0) is 25.7 Å². The van der Waals surface area contributed by atoms with E-state index in [1.165, 1.54) is 0 Å². The zero-order chi connectivity index (χ0) is 13.1. The minimum atomic E-state index is -0.379. The molecule has 0 aromatic heterocycles. The molecular formula is C13H22N2O3. The van der Waals surface area contributed by atoms with Crippen LogP contribution in [0.15, 0.2) is 0 Å². The lowest BCUT2D eigenvalue weighted by molar-refractivity contribution is -0.160. The van der Waals surface area contributed by atoms with Crippen LogP contribution in [-0.4, -0.2) is 47.7 Å².